The maximum atomic E-state index is 12.3. The molecule has 124 valence electrons. The minimum absolute atomic E-state index is 0.0637. The summed E-state index contributed by atoms with van der Waals surface area (Å²) in [6, 6.07) is 8.35. The molecule has 1 fully saturated rings. The first-order valence-corrected chi connectivity index (χ1v) is 8.51. The number of nitrogens with two attached hydrogens (primary N) is 1. The molecule has 5 nitrogen and oxygen atoms in total. The number of hydrogen-bond donors (Lipinski definition) is 2. The largest absolute Gasteiger partial charge is 0.356 e. The second-order valence-corrected chi connectivity index (χ2v) is 6.68. The van der Waals surface area contributed by atoms with Gasteiger partial charge in [0.2, 0.25) is 11.8 Å². The van der Waals surface area contributed by atoms with Gasteiger partial charge in [0.25, 0.3) is 0 Å². The average Bonchev–Trinajstić information content (AvgIpc) is 3.17. The summed E-state index contributed by atoms with van der Waals surface area (Å²) in [4.78, 5) is 26.1. The van der Waals surface area contributed by atoms with Gasteiger partial charge in [-0.25, -0.2) is 0 Å². The number of benzene rings is 1. The summed E-state index contributed by atoms with van der Waals surface area (Å²) >= 11 is 0. The number of hydrogen-bond acceptors (Lipinski definition) is 3. The van der Waals surface area contributed by atoms with Crippen molar-refractivity contribution in [3.8, 4) is 0 Å². The molecule has 1 aliphatic carbocycles. The zero-order valence-corrected chi connectivity index (χ0v) is 13.5. The lowest BCUT2D eigenvalue weighted by atomic mass is 10.1. The molecule has 0 bridgehead atoms. The van der Waals surface area contributed by atoms with Crippen LogP contribution in [0.1, 0.15) is 43.2 Å². The van der Waals surface area contributed by atoms with Gasteiger partial charge in [-0.3, -0.25) is 9.59 Å². The summed E-state index contributed by atoms with van der Waals surface area (Å²) in [6.07, 6.45) is 3.79. The van der Waals surface area contributed by atoms with Gasteiger partial charge in [0.15, 0.2) is 0 Å². The van der Waals surface area contributed by atoms with Crippen molar-refractivity contribution in [2.24, 2.45) is 11.7 Å². The maximum Gasteiger partial charge on any atom is 0.223 e. The summed E-state index contributed by atoms with van der Waals surface area (Å²) in [5.41, 5.74) is 8.32. The SMILES string of the molecule is NC1CCC(C(=O)NCCCC(=O)N2Cc3ccccc3C2)C1. The highest BCUT2D eigenvalue weighted by Crippen LogP contribution is 2.24. The molecule has 0 radical (unpaired) electrons. The van der Waals surface area contributed by atoms with Crippen LogP contribution in [-0.2, 0) is 22.7 Å². The lowest BCUT2D eigenvalue weighted by molar-refractivity contribution is -0.132. The smallest absolute Gasteiger partial charge is 0.223 e. The molecule has 0 aromatic heterocycles. The van der Waals surface area contributed by atoms with Crippen LogP contribution in [0.3, 0.4) is 0 Å². The Morgan fingerprint density at radius 2 is 1.87 bits per heavy atom. The Morgan fingerprint density at radius 3 is 2.48 bits per heavy atom. The lowest BCUT2D eigenvalue weighted by Gasteiger charge is -2.16. The molecule has 5 heteroatoms. The highest BCUT2D eigenvalue weighted by atomic mass is 16.2. The fraction of sp³-hybridized carbons (Fsp3) is 0.556. The van der Waals surface area contributed by atoms with E-state index >= 15 is 0 Å². The molecular weight excluding hydrogens is 290 g/mol. The quantitative estimate of drug-likeness (QED) is 0.810. The molecule has 0 spiro atoms. The number of fused-ring (bicyclic) bond motifs is 1. The van der Waals surface area contributed by atoms with Crippen molar-refractivity contribution < 1.29 is 9.59 Å². The number of nitrogens with one attached hydrogen (secondary N) is 1. The van der Waals surface area contributed by atoms with Crippen molar-refractivity contribution in [3.05, 3.63) is 35.4 Å². The van der Waals surface area contributed by atoms with Gasteiger partial charge < -0.3 is 16.0 Å². The third-order valence-corrected chi connectivity index (χ3v) is 4.90. The van der Waals surface area contributed by atoms with Crippen LogP contribution in [0.2, 0.25) is 0 Å². The molecule has 1 aromatic rings. The van der Waals surface area contributed by atoms with Crippen molar-refractivity contribution >= 4 is 11.8 Å². The number of amides is 2. The van der Waals surface area contributed by atoms with E-state index in [-0.39, 0.29) is 23.8 Å². The minimum Gasteiger partial charge on any atom is -0.356 e. The van der Waals surface area contributed by atoms with E-state index in [1.165, 1.54) is 11.1 Å². The van der Waals surface area contributed by atoms with Gasteiger partial charge in [-0.2, -0.15) is 0 Å². The molecule has 3 N–H and O–H groups in total. The molecule has 1 heterocycles. The molecule has 2 unspecified atom stereocenters. The fourth-order valence-corrected chi connectivity index (χ4v) is 3.52. The van der Waals surface area contributed by atoms with Crippen molar-refractivity contribution in [1.29, 1.82) is 0 Å². The topological polar surface area (TPSA) is 75.4 Å². The van der Waals surface area contributed by atoms with Crippen LogP contribution in [0.4, 0.5) is 0 Å². The lowest BCUT2D eigenvalue weighted by Crippen LogP contribution is -2.32. The van der Waals surface area contributed by atoms with Crippen LogP contribution in [0, 0.1) is 5.92 Å². The second kappa shape index (κ2) is 7.13. The Balaban J connectivity index is 1.35. The van der Waals surface area contributed by atoms with Gasteiger partial charge in [0.1, 0.15) is 0 Å². The van der Waals surface area contributed by atoms with Crippen molar-refractivity contribution in [2.75, 3.05) is 6.54 Å². The predicted molar refractivity (Wildman–Crippen MR) is 88.3 cm³/mol. The molecule has 2 amide bonds. The molecule has 2 atom stereocenters. The van der Waals surface area contributed by atoms with E-state index in [0.29, 0.717) is 32.5 Å². The van der Waals surface area contributed by atoms with Gasteiger partial charge in [-0.15, -0.1) is 0 Å². The number of rotatable bonds is 5. The van der Waals surface area contributed by atoms with E-state index in [9.17, 15) is 9.59 Å². The molecular formula is C18H25N3O2. The van der Waals surface area contributed by atoms with E-state index in [2.05, 4.69) is 17.4 Å². The molecule has 1 aliphatic heterocycles. The Kier molecular flexibility index (Phi) is 4.96. The van der Waals surface area contributed by atoms with Gasteiger partial charge in [0, 0.05) is 38.0 Å². The third kappa shape index (κ3) is 3.91. The molecule has 2 aliphatic rings. The van der Waals surface area contributed by atoms with Crippen LogP contribution in [0.25, 0.3) is 0 Å². The molecule has 3 rings (SSSR count). The van der Waals surface area contributed by atoms with E-state index < -0.39 is 0 Å². The van der Waals surface area contributed by atoms with E-state index in [1.807, 2.05) is 17.0 Å². The van der Waals surface area contributed by atoms with Gasteiger partial charge in [-0.05, 0) is 36.8 Å². The van der Waals surface area contributed by atoms with Crippen LogP contribution in [0.15, 0.2) is 24.3 Å². The summed E-state index contributed by atoms with van der Waals surface area (Å²) in [7, 11) is 0. The zero-order valence-electron chi connectivity index (χ0n) is 13.5. The van der Waals surface area contributed by atoms with Gasteiger partial charge in [-0.1, -0.05) is 24.3 Å². The second-order valence-electron chi connectivity index (χ2n) is 6.68. The van der Waals surface area contributed by atoms with Crippen molar-refractivity contribution in [1.82, 2.24) is 10.2 Å². The standard InChI is InChI=1S/C18H25N3O2/c19-16-8-7-13(10-16)18(23)20-9-3-6-17(22)21-11-14-4-1-2-5-15(14)12-21/h1-2,4-5,13,16H,3,6-12,19H2,(H,20,23). The molecule has 1 aromatic carbocycles. The fourth-order valence-electron chi connectivity index (χ4n) is 3.52. The van der Waals surface area contributed by atoms with Crippen LogP contribution in [-0.4, -0.2) is 29.3 Å². The monoisotopic (exact) mass is 315 g/mol. The summed E-state index contributed by atoms with van der Waals surface area (Å²) in [5.74, 6) is 0.325. The van der Waals surface area contributed by atoms with Crippen LogP contribution < -0.4 is 11.1 Å². The van der Waals surface area contributed by atoms with Gasteiger partial charge in [0.05, 0.1) is 0 Å². The summed E-state index contributed by atoms with van der Waals surface area (Å²) in [6.45, 7) is 1.99. The normalized spacial score (nSPS) is 22.9. The number of carbonyl (C=O) groups is 2. The highest BCUT2D eigenvalue weighted by molar-refractivity contribution is 5.79. The highest BCUT2D eigenvalue weighted by Gasteiger charge is 2.27. The van der Waals surface area contributed by atoms with Crippen LogP contribution >= 0.6 is 0 Å². The van der Waals surface area contributed by atoms with Crippen LogP contribution in [0.5, 0.6) is 0 Å². The van der Waals surface area contributed by atoms with Gasteiger partial charge >= 0.3 is 0 Å². The Hall–Kier alpha value is -1.88. The first kappa shape index (κ1) is 16.0. The van der Waals surface area contributed by atoms with E-state index in [0.717, 1.165) is 19.3 Å². The maximum absolute atomic E-state index is 12.3. The predicted octanol–water partition coefficient (Wildman–Crippen LogP) is 1.55. The molecule has 23 heavy (non-hydrogen) atoms. The Morgan fingerprint density at radius 1 is 1.17 bits per heavy atom. The van der Waals surface area contributed by atoms with E-state index in [4.69, 9.17) is 5.73 Å². The molecule has 1 saturated carbocycles. The number of nitrogens with zero attached hydrogens (tertiary/aromatic N) is 1. The minimum atomic E-state index is 0.0637. The summed E-state index contributed by atoms with van der Waals surface area (Å²) < 4.78 is 0. The Bertz CT molecular complexity index is 562. The number of carbonyl (C=O) groups excluding carboxylic acids is 2. The molecule has 0 saturated heterocycles. The van der Waals surface area contributed by atoms with Crippen molar-refractivity contribution in [3.63, 3.8) is 0 Å². The Labute approximate surface area is 137 Å². The average molecular weight is 315 g/mol. The van der Waals surface area contributed by atoms with Crippen molar-refractivity contribution in [2.45, 2.75) is 51.2 Å². The summed E-state index contributed by atoms with van der Waals surface area (Å²) in [5, 5.41) is 2.94. The first-order valence-electron chi connectivity index (χ1n) is 8.51. The van der Waals surface area contributed by atoms with E-state index in [1.54, 1.807) is 0 Å². The first-order chi connectivity index (χ1) is 11.1. The zero-order chi connectivity index (χ0) is 16.2. The third-order valence-electron chi connectivity index (χ3n) is 4.90.